The lowest BCUT2D eigenvalue weighted by atomic mass is 10.2. The molecule has 2 aromatic heterocycles. The molecule has 9 heteroatoms. The highest BCUT2D eigenvalue weighted by atomic mass is 35.5. The topological polar surface area (TPSA) is 90.3 Å². The van der Waals surface area contributed by atoms with Crippen LogP contribution in [0, 0.1) is 6.92 Å². The van der Waals surface area contributed by atoms with Gasteiger partial charge in [0.15, 0.2) is 0 Å². The van der Waals surface area contributed by atoms with Gasteiger partial charge in [-0.1, -0.05) is 29.8 Å². The number of aromatic nitrogens is 2. The van der Waals surface area contributed by atoms with Gasteiger partial charge in [-0.2, -0.15) is 0 Å². The number of thiophene rings is 1. The SMILES string of the molecule is CCOC(=O)c1sc2ncn(CC(=O)NCc3ccccc3Cl)c(=O)c2c1C. The number of rotatable bonds is 6. The number of nitrogens with one attached hydrogen (secondary N) is 1. The number of esters is 1. The molecule has 7 nitrogen and oxygen atoms in total. The van der Waals surface area contributed by atoms with Gasteiger partial charge in [-0.15, -0.1) is 11.3 Å². The average Bonchev–Trinajstić information content (AvgIpc) is 3.01. The van der Waals surface area contributed by atoms with Crippen LogP contribution in [-0.4, -0.2) is 28.0 Å². The third kappa shape index (κ3) is 4.07. The van der Waals surface area contributed by atoms with Crippen LogP contribution in [0.5, 0.6) is 0 Å². The van der Waals surface area contributed by atoms with E-state index in [0.29, 0.717) is 25.7 Å². The van der Waals surface area contributed by atoms with E-state index in [9.17, 15) is 14.4 Å². The molecule has 3 aromatic rings. The third-order valence-corrected chi connectivity index (χ3v) is 5.67. The highest BCUT2D eigenvalue weighted by Gasteiger charge is 2.20. The molecule has 0 saturated heterocycles. The number of carbonyl (C=O) groups is 2. The van der Waals surface area contributed by atoms with Gasteiger partial charge in [-0.3, -0.25) is 14.2 Å². The van der Waals surface area contributed by atoms with Crippen LogP contribution in [-0.2, 0) is 22.6 Å². The van der Waals surface area contributed by atoms with Crippen molar-refractivity contribution in [2.45, 2.75) is 26.9 Å². The average molecular weight is 420 g/mol. The van der Waals surface area contributed by atoms with Crippen LogP contribution in [0.1, 0.15) is 27.7 Å². The van der Waals surface area contributed by atoms with Crippen molar-refractivity contribution in [1.82, 2.24) is 14.9 Å². The molecule has 1 N–H and O–H groups in total. The van der Waals surface area contributed by atoms with E-state index in [1.54, 1.807) is 19.9 Å². The minimum absolute atomic E-state index is 0.184. The van der Waals surface area contributed by atoms with E-state index in [-0.39, 0.29) is 31.2 Å². The number of nitrogens with zero attached hydrogens (tertiary/aromatic N) is 2. The third-order valence-electron chi connectivity index (χ3n) is 4.13. The largest absolute Gasteiger partial charge is 0.462 e. The predicted octanol–water partition coefficient (Wildman–Crippen LogP) is 2.91. The zero-order valence-corrected chi connectivity index (χ0v) is 16.9. The molecule has 0 spiro atoms. The van der Waals surface area contributed by atoms with Crippen molar-refractivity contribution < 1.29 is 14.3 Å². The Kier molecular flexibility index (Phi) is 6.11. The summed E-state index contributed by atoms with van der Waals surface area (Å²) in [4.78, 5) is 42.1. The Morgan fingerprint density at radius 2 is 2.07 bits per heavy atom. The van der Waals surface area contributed by atoms with Gasteiger partial charge in [-0.25, -0.2) is 9.78 Å². The maximum Gasteiger partial charge on any atom is 0.348 e. The maximum atomic E-state index is 12.8. The summed E-state index contributed by atoms with van der Waals surface area (Å²) in [5.74, 6) is -0.826. The Labute approximate surface area is 169 Å². The zero-order chi connectivity index (χ0) is 20.3. The van der Waals surface area contributed by atoms with Crippen molar-refractivity contribution in [3.05, 3.63) is 62.0 Å². The van der Waals surface area contributed by atoms with Crippen LogP contribution in [0.4, 0.5) is 0 Å². The molecule has 0 aliphatic rings. The summed E-state index contributed by atoms with van der Waals surface area (Å²) in [5.41, 5.74) is 0.926. The number of amides is 1. The van der Waals surface area contributed by atoms with Crippen molar-refractivity contribution in [1.29, 1.82) is 0 Å². The van der Waals surface area contributed by atoms with Crippen LogP contribution in [0.2, 0.25) is 5.02 Å². The molecule has 3 rings (SSSR count). The Balaban J connectivity index is 1.80. The van der Waals surface area contributed by atoms with Crippen LogP contribution in [0.15, 0.2) is 35.4 Å². The second-order valence-corrected chi connectivity index (χ2v) is 7.41. The Hall–Kier alpha value is -2.71. The molecule has 0 bridgehead atoms. The van der Waals surface area contributed by atoms with Gasteiger partial charge in [0, 0.05) is 11.6 Å². The lowest BCUT2D eigenvalue weighted by Crippen LogP contribution is -2.32. The fraction of sp³-hybridized carbons (Fsp3) is 0.263. The predicted molar refractivity (Wildman–Crippen MR) is 108 cm³/mol. The number of hydrogen-bond acceptors (Lipinski definition) is 6. The fourth-order valence-corrected chi connectivity index (χ4v) is 3.94. The molecule has 1 amide bonds. The van der Waals surface area contributed by atoms with E-state index < -0.39 is 5.97 Å². The molecule has 28 heavy (non-hydrogen) atoms. The first-order valence-corrected chi connectivity index (χ1v) is 9.77. The summed E-state index contributed by atoms with van der Waals surface area (Å²) in [6, 6.07) is 7.19. The van der Waals surface area contributed by atoms with Crippen molar-refractivity contribution in [2.75, 3.05) is 6.61 Å². The number of fused-ring (bicyclic) bond motifs is 1. The van der Waals surface area contributed by atoms with Gasteiger partial charge >= 0.3 is 5.97 Å². The number of benzene rings is 1. The molecular weight excluding hydrogens is 402 g/mol. The second kappa shape index (κ2) is 8.53. The molecule has 2 heterocycles. The molecule has 0 radical (unpaired) electrons. The van der Waals surface area contributed by atoms with E-state index >= 15 is 0 Å². The standard InChI is InChI=1S/C19H18ClN3O4S/c1-3-27-19(26)16-11(2)15-17(28-16)22-10-23(18(15)25)9-14(24)21-8-12-6-4-5-7-13(12)20/h4-7,10H,3,8-9H2,1-2H3,(H,21,24). The summed E-state index contributed by atoms with van der Waals surface area (Å²) >= 11 is 7.18. The molecule has 1 aromatic carbocycles. The summed E-state index contributed by atoms with van der Waals surface area (Å²) < 4.78 is 6.24. The van der Waals surface area contributed by atoms with E-state index in [1.807, 2.05) is 18.2 Å². The molecule has 0 saturated carbocycles. The number of carbonyl (C=O) groups excluding carboxylic acids is 2. The molecule has 0 fully saturated rings. The molecule has 0 aliphatic heterocycles. The van der Waals surface area contributed by atoms with E-state index in [2.05, 4.69) is 10.3 Å². The lowest BCUT2D eigenvalue weighted by molar-refractivity contribution is -0.121. The molecular formula is C19H18ClN3O4S. The Bertz CT molecular complexity index is 1110. The number of halogens is 1. The van der Waals surface area contributed by atoms with Gasteiger partial charge in [0.2, 0.25) is 5.91 Å². The molecule has 0 aliphatic carbocycles. The molecule has 0 unspecified atom stereocenters. The minimum atomic E-state index is -0.480. The number of hydrogen-bond donors (Lipinski definition) is 1. The quantitative estimate of drug-likeness (QED) is 0.620. The fourth-order valence-electron chi connectivity index (χ4n) is 2.71. The Morgan fingerprint density at radius 1 is 1.32 bits per heavy atom. The Morgan fingerprint density at radius 3 is 2.79 bits per heavy atom. The summed E-state index contributed by atoms with van der Waals surface area (Å²) in [6.45, 7) is 3.71. The first-order chi connectivity index (χ1) is 13.4. The summed E-state index contributed by atoms with van der Waals surface area (Å²) in [6.07, 6.45) is 1.31. The number of ether oxygens (including phenoxy) is 1. The highest BCUT2D eigenvalue weighted by Crippen LogP contribution is 2.27. The van der Waals surface area contributed by atoms with E-state index in [4.69, 9.17) is 16.3 Å². The highest BCUT2D eigenvalue weighted by molar-refractivity contribution is 7.20. The van der Waals surface area contributed by atoms with E-state index in [1.165, 1.54) is 10.9 Å². The van der Waals surface area contributed by atoms with Crippen LogP contribution >= 0.6 is 22.9 Å². The van der Waals surface area contributed by atoms with Crippen molar-refractivity contribution in [3.63, 3.8) is 0 Å². The summed E-state index contributed by atoms with van der Waals surface area (Å²) in [7, 11) is 0. The van der Waals surface area contributed by atoms with Crippen molar-refractivity contribution in [3.8, 4) is 0 Å². The minimum Gasteiger partial charge on any atom is -0.462 e. The molecule has 0 atom stereocenters. The first kappa shape index (κ1) is 20.0. The van der Waals surface area contributed by atoms with Crippen LogP contribution in [0.3, 0.4) is 0 Å². The smallest absolute Gasteiger partial charge is 0.348 e. The van der Waals surface area contributed by atoms with Gasteiger partial charge in [0.1, 0.15) is 16.3 Å². The first-order valence-electron chi connectivity index (χ1n) is 8.58. The van der Waals surface area contributed by atoms with Gasteiger partial charge in [-0.05, 0) is 31.0 Å². The zero-order valence-electron chi connectivity index (χ0n) is 15.3. The van der Waals surface area contributed by atoms with Crippen LogP contribution in [0.25, 0.3) is 10.2 Å². The van der Waals surface area contributed by atoms with E-state index in [0.717, 1.165) is 16.9 Å². The maximum absolute atomic E-state index is 12.8. The van der Waals surface area contributed by atoms with Crippen LogP contribution < -0.4 is 10.9 Å². The number of aryl methyl sites for hydroxylation is 1. The van der Waals surface area contributed by atoms with Gasteiger partial charge < -0.3 is 10.1 Å². The van der Waals surface area contributed by atoms with Crippen molar-refractivity contribution in [2.24, 2.45) is 0 Å². The van der Waals surface area contributed by atoms with Crippen molar-refractivity contribution >= 4 is 45.0 Å². The second-order valence-electron chi connectivity index (χ2n) is 6.00. The van der Waals surface area contributed by atoms with Gasteiger partial charge in [0.25, 0.3) is 5.56 Å². The lowest BCUT2D eigenvalue weighted by Gasteiger charge is -2.08. The van der Waals surface area contributed by atoms with Gasteiger partial charge in [0.05, 0.1) is 18.3 Å². The normalized spacial score (nSPS) is 10.8. The monoisotopic (exact) mass is 419 g/mol. The molecule has 146 valence electrons. The summed E-state index contributed by atoms with van der Waals surface area (Å²) in [5, 5.41) is 3.62.